The number of benzene rings is 1. The van der Waals surface area contributed by atoms with Gasteiger partial charge in [-0.15, -0.1) is 24.5 Å². The predicted octanol–water partition coefficient (Wildman–Crippen LogP) is 3.50. The highest BCUT2D eigenvalue weighted by Gasteiger charge is 2.30. The van der Waals surface area contributed by atoms with E-state index in [2.05, 4.69) is 9.72 Å². The van der Waals surface area contributed by atoms with Crippen LogP contribution in [0.2, 0.25) is 0 Å². The molecule has 0 N–H and O–H groups in total. The summed E-state index contributed by atoms with van der Waals surface area (Å²) in [6, 6.07) is 5.45. The van der Waals surface area contributed by atoms with E-state index in [1.54, 1.807) is 13.2 Å². The second kappa shape index (κ2) is 6.75. The van der Waals surface area contributed by atoms with Gasteiger partial charge in [-0.05, 0) is 17.7 Å². The molecule has 2 aromatic heterocycles. The van der Waals surface area contributed by atoms with E-state index in [0.29, 0.717) is 11.3 Å². The summed E-state index contributed by atoms with van der Waals surface area (Å²) in [4.78, 5) is 19.0. The van der Waals surface area contributed by atoms with Crippen molar-refractivity contribution in [2.45, 2.75) is 19.3 Å². The van der Waals surface area contributed by atoms with Crippen LogP contribution in [0.5, 0.6) is 5.75 Å². The molecule has 3 aromatic rings. The van der Waals surface area contributed by atoms with Crippen molar-refractivity contribution in [2.75, 3.05) is 7.05 Å². The van der Waals surface area contributed by atoms with Crippen LogP contribution >= 0.6 is 11.3 Å². The number of amides is 1. The molecule has 9 heteroatoms. The Labute approximate surface area is 145 Å². The molecule has 3 rings (SSSR count). The molecule has 0 atom stereocenters. The summed E-state index contributed by atoms with van der Waals surface area (Å²) in [5.74, 6) is -0.412. The van der Waals surface area contributed by atoms with E-state index >= 15 is 0 Å². The van der Waals surface area contributed by atoms with Crippen LogP contribution in [0.3, 0.4) is 0 Å². The first-order valence-electron chi connectivity index (χ1n) is 7.30. The Hall–Kier alpha value is -2.55. The maximum Gasteiger partial charge on any atom is 0.573 e. The zero-order valence-corrected chi connectivity index (χ0v) is 14.0. The number of fused-ring (bicyclic) bond motifs is 1. The number of halogens is 3. The van der Waals surface area contributed by atoms with Crippen molar-refractivity contribution < 1.29 is 22.7 Å². The van der Waals surface area contributed by atoms with Gasteiger partial charge in [-0.1, -0.05) is 12.1 Å². The van der Waals surface area contributed by atoms with Gasteiger partial charge in [-0.25, -0.2) is 4.98 Å². The summed E-state index contributed by atoms with van der Waals surface area (Å²) < 4.78 is 42.1. The summed E-state index contributed by atoms with van der Waals surface area (Å²) in [7, 11) is 1.64. The molecule has 132 valence electrons. The molecule has 0 aliphatic rings. The van der Waals surface area contributed by atoms with Gasteiger partial charge in [0.15, 0.2) is 4.96 Å². The van der Waals surface area contributed by atoms with Gasteiger partial charge in [0, 0.05) is 31.4 Å². The summed E-state index contributed by atoms with van der Waals surface area (Å²) in [5.41, 5.74) is 1.38. The highest BCUT2D eigenvalue weighted by molar-refractivity contribution is 7.15. The summed E-state index contributed by atoms with van der Waals surface area (Å²) in [5, 5.41) is 1.91. The minimum Gasteiger partial charge on any atom is -0.406 e. The molecule has 0 radical (unpaired) electrons. The maximum atomic E-state index is 12.3. The Balaban J connectivity index is 1.58. The average Bonchev–Trinajstić information content (AvgIpc) is 3.08. The number of alkyl halides is 3. The predicted molar refractivity (Wildman–Crippen MR) is 86.4 cm³/mol. The first kappa shape index (κ1) is 17.3. The van der Waals surface area contributed by atoms with E-state index in [4.69, 9.17) is 0 Å². The molecule has 2 heterocycles. The van der Waals surface area contributed by atoms with Gasteiger partial charge in [0.05, 0.1) is 12.1 Å². The molecule has 0 spiro atoms. The molecule has 0 bridgehead atoms. The van der Waals surface area contributed by atoms with Crippen LogP contribution in [0.1, 0.15) is 11.3 Å². The lowest BCUT2D eigenvalue weighted by atomic mass is 10.2. The van der Waals surface area contributed by atoms with Crippen LogP contribution in [0.25, 0.3) is 4.96 Å². The second-order valence-corrected chi connectivity index (χ2v) is 6.32. The number of hydrogen-bond donors (Lipinski definition) is 0. The van der Waals surface area contributed by atoms with Crippen LogP contribution in [0.15, 0.2) is 42.0 Å². The summed E-state index contributed by atoms with van der Waals surface area (Å²) in [6.07, 6.45) is -0.872. The highest BCUT2D eigenvalue weighted by atomic mass is 32.1. The molecule has 1 amide bonds. The fraction of sp³-hybridized carbons (Fsp3) is 0.250. The number of thiazole rings is 1. The van der Waals surface area contributed by atoms with E-state index in [1.165, 1.54) is 40.5 Å². The summed E-state index contributed by atoms with van der Waals surface area (Å²) >= 11 is 1.49. The maximum absolute atomic E-state index is 12.3. The zero-order valence-electron chi connectivity index (χ0n) is 13.2. The smallest absolute Gasteiger partial charge is 0.406 e. The van der Waals surface area contributed by atoms with Gasteiger partial charge in [0.1, 0.15) is 5.75 Å². The molecule has 0 aliphatic carbocycles. The van der Waals surface area contributed by atoms with Crippen molar-refractivity contribution in [3.05, 3.63) is 53.3 Å². The lowest BCUT2D eigenvalue weighted by molar-refractivity contribution is -0.274. The number of hydrogen-bond acceptors (Lipinski definition) is 4. The minimum absolute atomic E-state index is 0.124. The number of carbonyl (C=O) groups excluding carboxylic acids is 1. The lowest BCUT2D eigenvalue weighted by Crippen LogP contribution is -2.27. The number of ether oxygens (including phenoxy) is 1. The van der Waals surface area contributed by atoms with Crippen molar-refractivity contribution in [1.29, 1.82) is 0 Å². The quantitative estimate of drug-likeness (QED) is 0.692. The average molecular weight is 369 g/mol. The number of carbonyl (C=O) groups is 1. The van der Waals surface area contributed by atoms with E-state index in [0.717, 1.165) is 4.96 Å². The van der Waals surface area contributed by atoms with Crippen LogP contribution in [-0.2, 0) is 17.8 Å². The Bertz CT molecular complexity index is 842. The molecule has 0 unspecified atom stereocenters. The van der Waals surface area contributed by atoms with Gasteiger partial charge >= 0.3 is 6.36 Å². The van der Waals surface area contributed by atoms with E-state index < -0.39 is 6.36 Å². The van der Waals surface area contributed by atoms with Gasteiger partial charge in [-0.2, -0.15) is 0 Å². The van der Waals surface area contributed by atoms with Crippen molar-refractivity contribution in [3.63, 3.8) is 0 Å². The van der Waals surface area contributed by atoms with Crippen LogP contribution in [-0.4, -0.2) is 33.6 Å². The SMILES string of the molecule is CN(Cc1ccc(OC(F)(F)F)cc1)C(=O)Cc1cn2ccsc2n1. The number of rotatable bonds is 5. The topological polar surface area (TPSA) is 46.8 Å². The minimum atomic E-state index is -4.72. The number of imidazole rings is 1. The standard InChI is InChI=1S/C16H14F3N3O2S/c1-21(9-11-2-4-13(5-3-11)24-16(17,18)19)14(23)8-12-10-22-6-7-25-15(22)20-12/h2-7,10H,8-9H2,1H3. The Morgan fingerprint density at radius 1 is 1.32 bits per heavy atom. The fourth-order valence-corrected chi connectivity index (χ4v) is 3.03. The Kier molecular flexibility index (Phi) is 4.67. The number of nitrogens with zero attached hydrogens (tertiary/aromatic N) is 3. The van der Waals surface area contributed by atoms with Gasteiger partial charge < -0.3 is 9.64 Å². The molecule has 25 heavy (non-hydrogen) atoms. The molecule has 5 nitrogen and oxygen atoms in total. The third kappa shape index (κ3) is 4.50. The van der Waals surface area contributed by atoms with E-state index in [1.807, 2.05) is 16.0 Å². The van der Waals surface area contributed by atoms with Gasteiger partial charge in [0.25, 0.3) is 0 Å². The molecular formula is C16H14F3N3O2S. The Morgan fingerprint density at radius 3 is 2.68 bits per heavy atom. The lowest BCUT2D eigenvalue weighted by Gasteiger charge is -2.17. The number of likely N-dealkylation sites (N-methyl/N-ethyl adjacent to an activating group) is 1. The first-order chi connectivity index (χ1) is 11.8. The van der Waals surface area contributed by atoms with Crippen LogP contribution in [0.4, 0.5) is 13.2 Å². The van der Waals surface area contributed by atoms with E-state index in [-0.39, 0.29) is 24.6 Å². The monoisotopic (exact) mass is 369 g/mol. The summed E-state index contributed by atoms with van der Waals surface area (Å²) in [6.45, 7) is 0.285. The molecule has 0 saturated carbocycles. The molecule has 0 saturated heterocycles. The Morgan fingerprint density at radius 2 is 2.04 bits per heavy atom. The van der Waals surface area contributed by atoms with Gasteiger partial charge in [-0.3, -0.25) is 9.20 Å². The van der Waals surface area contributed by atoms with Crippen molar-refractivity contribution in [1.82, 2.24) is 14.3 Å². The number of aromatic nitrogens is 2. The first-order valence-corrected chi connectivity index (χ1v) is 8.18. The molecule has 0 fully saturated rings. The third-order valence-electron chi connectivity index (χ3n) is 3.48. The fourth-order valence-electron chi connectivity index (χ4n) is 2.31. The largest absolute Gasteiger partial charge is 0.573 e. The molecule has 0 aliphatic heterocycles. The highest BCUT2D eigenvalue weighted by Crippen LogP contribution is 2.23. The molecular weight excluding hydrogens is 355 g/mol. The third-order valence-corrected chi connectivity index (χ3v) is 4.25. The normalized spacial score (nSPS) is 11.7. The zero-order chi connectivity index (χ0) is 18.0. The van der Waals surface area contributed by atoms with Crippen molar-refractivity contribution >= 4 is 22.2 Å². The van der Waals surface area contributed by atoms with Crippen LogP contribution in [0, 0.1) is 0 Å². The van der Waals surface area contributed by atoms with Gasteiger partial charge in [0.2, 0.25) is 5.91 Å². The van der Waals surface area contributed by atoms with Crippen LogP contribution < -0.4 is 4.74 Å². The van der Waals surface area contributed by atoms with E-state index in [9.17, 15) is 18.0 Å². The van der Waals surface area contributed by atoms with Crippen molar-refractivity contribution in [3.8, 4) is 5.75 Å². The second-order valence-electron chi connectivity index (χ2n) is 5.44. The molecule has 1 aromatic carbocycles. The van der Waals surface area contributed by atoms with Crippen molar-refractivity contribution in [2.24, 2.45) is 0 Å².